The number of hydrogen-bond donors (Lipinski definition) is 1. The molecule has 1 N–H and O–H groups in total. The lowest BCUT2D eigenvalue weighted by molar-refractivity contribution is -0.121. The Balaban J connectivity index is 1.62. The zero-order valence-corrected chi connectivity index (χ0v) is 17.8. The van der Waals surface area contributed by atoms with Crippen LogP contribution >= 0.6 is 11.3 Å². The summed E-state index contributed by atoms with van der Waals surface area (Å²) in [5.41, 5.74) is 1.34. The Hall–Kier alpha value is -3.13. The van der Waals surface area contributed by atoms with Gasteiger partial charge in [-0.2, -0.15) is 0 Å². The Kier molecular flexibility index (Phi) is 5.59. The molecule has 3 heterocycles. The molecule has 0 aliphatic carbocycles. The van der Waals surface area contributed by atoms with Crippen LogP contribution in [0.3, 0.4) is 0 Å². The van der Waals surface area contributed by atoms with Gasteiger partial charge < -0.3 is 10.2 Å². The van der Waals surface area contributed by atoms with Gasteiger partial charge in [0.1, 0.15) is 11.7 Å². The van der Waals surface area contributed by atoms with Crippen LogP contribution in [0, 0.1) is 6.92 Å². The fourth-order valence-corrected chi connectivity index (χ4v) is 4.59. The number of amides is 2. The molecule has 1 aromatic carbocycles. The van der Waals surface area contributed by atoms with Crippen molar-refractivity contribution < 1.29 is 9.59 Å². The molecular formula is C22H24N4O3S. The average molecular weight is 425 g/mol. The number of nitrogens with one attached hydrogen (secondary N) is 1. The van der Waals surface area contributed by atoms with Gasteiger partial charge in [-0.05, 0) is 49.8 Å². The van der Waals surface area contributed by atoms with Gasteiger partial charge in [-0.25, -0.2) is 4.68 Å². The van der Waals surface area contributed by atoms with Crippen LogP contribution in [0.1, 0.15) is 34.6 Å². The number of benzene rings is 1. The summed E-state index contributed by atoms with van der Waals surface area (Å²) in [7, 11) is 1.78. The molecule has 156 valence electrons. The van der Waals surface area contributed by atoms with Gasteiger partial charge >= 0.3 is 0 Å². The fourth-order valence-electron chi connectivity index (χ4n) is 3.91. The van der Waals surface area contributed by atoms with E-state index in [1.165, 1.54) is 16.0 Å². The maximum atomic E-state index is 13.2. The Bertz CT molecular complexity index is 1120. The van der Waals surface area contributed by atoms with Gasteiger partial charge in [0.2, 0.25) is 5.91 Å². The van der Waals surface area contributed by atoms with Gasteiger partial charge in [0.15, 0.2) is 0 Å². The van der Waals surface area contributed by atoms with Crippen molar-refractivity contribution in [3.63, 3.8) is 0 Å². The van der Waals surface area contributed by atoms with Crippen molar-refractivity contribution in [2.24, 2.45) is 7.05 Å². The van der Waals surface area contributed by atoms with Crippen LogP contribution in [0.5, 0.6) is 0 Å². The lowest BCUT2D eigenvalue weighted by atomic mass is 10.0. The van der Waals surface area contributed by atoms with E-state index in [0.717, 1.165) is 18.5 Å². The molecule has 3 aromatic rings. The van der Waals surface area contributed by atoms with Crippen molar-refractivity contribution in [3.8, 4) is 5.69 Å². The minimum absolute atomic E-state index is 0.128. The molecule has 4 rings (SSSR count). The minimum Gasteiger partial charge on any atom is -0.326 e. The van der Waals surface area contributed by atoms with E-state index in [2.05, 4.69) is 5.32 Å². The summed E-state index contributed by atoms with van der Waals surface area (Å²) in [6.45, 7) is 2.34. The molecule has 1 aliphatic heterocycles. The molecule has 2 aromatic heterocycles. The van der Waals surface area contributed by atoms with Crippen LogP contribution in [0.2, 0.25) is 0 Å². The van der Waals surface area contributed by atoms with E-state index in [1.54, 1.807) is 29.6 Å². The second kappa shape index (κ2) is 8.31. The molecule has 2 amide bonds. The zero-order chi connectivity index (χ0) is 21.3. The zero-order valence-electron chi connectivity index (χ0n) is 17.0. The number of rotatable bonds is 4. The first kappa shape index (κ1) is 20.2. The topological polar surface area (TPSA) is 76.3 Å². The van der Waals surface area contributed by atoms with Crippen LogP contribution in [0.25, 0.3) is 5.69 Å². The normalized spacial score (nSPS) is 16.5. The monoisotopic (exact) mass is 424 g/mol. The van der Waals surface area contributed by atoms with Crippen LogP contribution in [0.4, 0.5) is 5.69 Å². The Morgan fingerprint density at radius 3 is 2.57 bits per heavy atom. The fraction of sp³-hybridized carbons (Fsp3) is 0.318. The standard InChI is InChI=1S/C22H24N4O3S/c1-15-19(22(29)26(24(15)2)16-9-4-3-5-10-16)23-20(27)17-11-6-7-13-25(17)21(28)18-12-8-14-30-18/h3-5,8-10,12,14,17H,6-7,11,13H2,1-2H3,(H,23,27). The summed E-state index contributed by atoms with van der Waals surface area (Å²) in [6.07, 6.45) is 2.32. The van der Waals surface area contributed by atoms with E-state index in [9.17, 15) is 14.4 Å². The SMILES string of the molecule is Cc1c(NC(=O)C2CCCCN2C(=O)c2cccs2)c(=O)n(-c2ccccc2)n1C. The second-order valence-corrected chi connectivity index (χ2v) is 8.36. The first-order chi connectivity index (χ1) is 14.5. The largest absolute Gasteiger partial charge is 0.326 e. The van der Waals surface area contributed by atoms with E-state index in [1.807, 2.05) is 41.8 Å². The van der Waals surface area contributed by atoms with E-state index >= 15 is 0 Å². The summed E-state index contributed by atoms with van der Waals surface area (Å²) in [4.78, 5) is 41.4. The van der Waals surface area contributed by atoms with Crippen molar-refractivity contribution in [3.05, 3.63) is 68.8 Å². The average Bonchev–Trinajstić information content (AvgIpc) is 3.38. The molecule has 1 atom stereocenters. The maximum absolute atomic E-state index is 13.2. The quantitative estimate of drug-likeness (QED) is 0.699. The number of aromatic nitrogens is 2. The summed E-state index contributed by atoms with van der Waals surface area (Å²) in [5.74, 6) is -0.443. The molecule has 0 bridgehead atoms. The van der Waals surface area contributed by atoms with Crippen molar-refractivity contribution in [1.29, 1.82) is 0 Å². The Morgan fingerprint density at radius 2 is 1.87 bits per heavy atom. The minimum atomic E-state index is -0.586. The number of thiophene rings is 1. The highest BCUT2D eigenvalue weighted by atomic mass is 32.1. The number of piperidine rings is 1. The number of para-hydroxylation sites is 1. The third-order valence-electron chi connectivity index (χ3n) is 5.60. The van der Waals surface area contributed by atoms with E-state index in [4.69, 9.17) is 0 Å². The predicted molar refractivity (Wildman–Crippen MR) is 117 cm³/mol. The van der Waals surface area contributed by atoms with Gasteiger partial charge in [-0.15, -0.1) is 11.3 Å². The van der Waals surface area contributed by atoms with Gasteiger partial charge in [-0.3, -0.25) is 19.1 Å². The highest BCUT2D eigenvalue weighted by Crippen LogP contribution is 2.23. The molecule has 1 fully saturated rings. The van der Waals surface area contributed by atoms with E-state index in [0.29, 0.717) is 23.5 Å². The lowest BCUT2D eigenvalue weighted by Gasteiger charge is -2.34. The van der Waals surface area contributed by atoms with Crippen molar-refractivity contribution >= 4 is 28.8 Å². The first-order valence-corrected chi connectivity index (χ1v) is 10.9. The number of anilines is 1. The molecule has 1 saturated heterocycles. The van der Waals surface area contributed by atoms with Crippen LogP contribution in [-0.2, 0) is 11.8 Å². The molecule has 30 heavy (non-hydrogen) atoms. The molecule has 7 nitrogen and oxygen atoms in total. The molecule has 0 radical (unpaired) electrons. The van der Waals surface area contributed by atoms with Crippen LogP contribution in [0.15, 0.2) is 52.6 Å². The summed E-state index contributed by atoms with van der Waals surface area (Å²) >= 11 is 1.37. The molecular weight excluding hydrogens is 400 g/mol. The number of carbonyl (C=O) groups excluding carboxylic acids is 2. The molecule has 1 aliphatic rings. The Morgan fingerprint density at radius 1 is 1.10 bits per heavy atom. The van der Waals surface area contributed by atoms with Crippen LogP contribution in [-0.4, -0.2) is 38.7 Å². The number of nitrogens with zero attached hydrogens (tertiary/aromatic N) is 3. The van der Waals surface area contributed by atoms with Gasteiger partial charge in [0.25, 0.3) is 11.5 Å². The Labute approximate surface area is 178 Å². The first-order valence-electron chi connectivity index (χ1n) is 9.98. The molecule has 0 spiro atoms. The van der Waals surface area contributed by atoms with Gasteiger partial charge in [0, 0.05) is 13.6 Å². The van der Waals surface area contributed by atoms with Crippen molar-refractivity contribution in [1.82, 2.24) is 14.3 Å². The highest BCUT2D eigenvalue weighted by molar-refractivity contribution is 7.12. The van der Waals surface area contributed by atoms with Gasteiger partial charge in [0.05, 0.1) is 16.3 Å². The molecule has 1 unspecified atom stereocenters. The van der Waals surface area contributed by atoms with E-state index in [-0.39, 0.29) is 23.1 Å². The van der Waals surface area contributed by atoms with Gasteiger partial charge in [-0.1, -0.05) is 24.3 Å². The number of likely N-dealkylation sites (tertiary alicyclic amines) is 1. The highest BCUT2D eigenvalue weighted by Gasteiger charge is 2.34. The molecule has 0 saturated carbocycles. The third-order valence-corrected chi connectivity index (χ3v) is 6.46. The van der Waals surface area contributed by atoms with E-state index < -0.39 is 6.04 Å². The molecule has 8 heteroatoms. The number of hydrogen-bond acceptors (Lipinski definition) is 4. The smallest absolute Gasteiger partial charge is 0.295 e. The summed E-state index contributed by atoms with van der Waals surface area (Å²) in [5, 5.41) is 4.68. The summed E-state index contributed by atoms with van der Waals surface area (Å²) in [6, 6.07) is 12.3. The predicted octanol–water partition coefficient (Wildman–Crippen LogP) is 3.18. The van der Waals surface area contributed by atoms with Crippen molar-refractivity contribution in [2.75, 3.05) is 11.9 Å². The lowest BCUT2D eigenvalue weighted by Crippen LogP contribution is -2.50. The maximum Gasteiger partial charge on any atom is 0.295 e. The number of carbonyl (C=O) groups is 2. The summed E-state index contributed by atoms with van der Waals surface area (Å²) < 4.78 is 3.25. The second-order valence-electron chi connectivity index (χ2n) is 7.41. The third kappa shape index (κ3) is 3.59. The van der Waals surface area contributed by atoms with Crippen molar-refractivity contribution in [2.45, 2.75) is 32.2 Å². The van der Waals surface area contributed by atoms with Crippen LogP contribution < -0.4 is 10.9 Å².